The van der Waals surface area contributed by atoms with Gasteiger partial charge in [-0.05, 0) is 35.3 Å². The Morgan fingerprint density at radius 2 is 1.35 bits per heavy atom. The molecule has 0 nitrogen and oxygen atoms in total. The Bertz CT molecular complexity index is 492. The lowest BCUT2D eigenvalue weighted by atomic mass is 10.1. The minimum atomic E-state index is 1.11. The largest absolute Gasteiger partial charge is 0.129 e. The fourth-order valence-electron chi connectivity index (χ4n) is 1.84. The predicted octanol–water partition coefficient (Wildman–Crippen LogP) is 5.19. The van der Waals surface area contributed by atoms with E-state index in [1.807, 2.05) is 23.5 Å². The second kappa shape index (κ2) is 6.18. The van der Waals surface area contributed by atoms with Crippen LogP contribution in [0.25, 0.3) is 11.1 Å². The molecular weight excluding hydrogens is 244 g/mol. The number of benzene rings is 2. The average molecular weight is 260 g/mol. The van der Waals surface area contributed by atoms with Crippen molar-refractivity contribution in [1.82, 2.24) is 0 Å². The monoisotopic (exact) mass is 260 g/mol. The maximum atomic E-state index is 2.22. The molecule has 0 saturated carbocycles. The second-order valence-corrected chi connectivity index (χ2v) is 5.78. The molecule has 0 fully saturated rings. The van der Waals surface area contributed by atoms with Crippen molar-refractivity contribution in [2.45, 2.75) is 16.7 Å². The Morgan fingerprint density at radius 1 is 0.824 bits per heavy atom. The zero-order chi connectivity index (χ0) is 12.1. The molecule has 0 spiro atoms. The van der Waals surface area contributed by atoms with Crippen molar-refractivity contribution in [1.29, 1.82) is 0 Å². The van der Waals surface area contributed by atoms with Crippen molar-refractivity contribution >= 4 is 23.5 Å². The molecule has 0 amide bonds. The summed E-state index contributed by atoms with van der Waals surface area (Å²) in [5, 5.41) is 0. The maximum Gasteiger partial charge on any atom is 0.0151 e. The van der Waals surface area contributed by atoms with Gasteiger partial charge in [0.05, 0.1) is 0 Å². The Kier molecular flexibility index (Phi) is 4.57. The zero-order valence-electron chi connectivity index (χ0n) is 10.1. The molecule has 2 aromatic rings. The van der Waals surface area contributed by atoms with Crippen LogP contribution in [0, 0.1) is 0 Å². The first kappa shape index (κ1) is 12.6. The normalized spacial score (nSPS) is 10.5. The maximum absolute atomic E-state index is 2.22. The van der Waals surface area contributed by atoms with Gasteiger partial charge in [0.25, 0.3) is 0 Å². The summed E-state index contributed by atoms with van der Waals surface area (Å²) < 4.78 is 0. The van der Waals surface area contributed by atoms with Gasteiger partial charge in [0.1, 0.15) is 0 Å². The minimum absolute atomic E-state index is 1.11. The smallest absolute Gasteiger partial charge is 0.0151 e. The van der Waals surface area contributed by atoms with Crippen LogP contribution in [-0.2, 0) is 0 Å². The minimum Gasteiger partial charge on any atom is -0.129 e. The molecule has 0 unspecified atom stereocenters. The number of thioether (sulfide) groups is 2. The quantitative estimate of drug-likeness (QED) is 0.694. The van der Waals surface area contributed by atoms with Crippen LogP contribution < -0.4 is 0 Å². The van der Waals surface area contributed by atoms with Crippen molar-refractivity contribution in [3.63, 3.8) is 0 Å². The van der Waals surface area contributed by atoms with E-state index in [-0.39, 0.29) is 0 Å². The van der Waals surface area contributed by atoms with Crippen LogP contribution in [0.3, 0.4) is 0 Å². The molecular formula is C15H16S2. The molecule has 0 atom stereocenters. The van der Waals surface area contributed by atoms with Crippen molar-refractivity contribution in [3.05, 3.63) is 48.5 Å². The third-order valence-electron chi connectivity index (χ3n) is 2.58. The van der Waals surface area contributed by atoms with Gasteiger partial charge >= 0.3 is 0 Å². The van der Waals surface area contributed by atoms with Crippen LogP contribution in [0.4, 0.5) is 0 Å². The number of hydrogen-bond donors (Lipinski definition) is 0. The fraction of sp³-hybridized carbons (Fsp3) is 0.200. The van der Waals surface area contributed by atoms with E-state index in [1.165, 1.54) is 20.9 Å². The number of hydrogen-bond acceptors (Lipinski definition) is 2. The van der Waals surface area contributed by atoms with E-state index in [0.29, 0.717) is 0 Å². The van der Waals surface area contributed by atoms with Gasteiger partial charge in [-0.15, -0.1) is 23.5 Å². The molecule has 0 bridgehead atoms. The van der Waals surface area contributed by atoms with Gasteiger partial charge in [0.2, 0.25) is 0 Å². The Labute approximate surface area is 112 Å². The molecule has 2 heteroatoms. The van der Waals surface area contributed by atoms with Crippen LogP contribution in [-0.4, -0.2) is 12.0 Å². The van der Waals surface area contributed by atoms with Crippen LogP contribution in [0.1, 0.15) is 6.92 Å². The van der Waals surface area contributed by atoms with E-state index < -0.39 is 0 Å². The molecule has 17 heavy (non-hydrogen) atoms. The topological polar surface area (TPSA) is 0 Å². The molecule has 88 valence electrons. The van der Waals surface area contributed by atoms with Crippen molar-refractivity contribution < 1.29 is 0 Å². The van der Waals surface area contributed by atoms with E-state index >= 15 is 0 Å². The van der Waals surface area contributed by atoms with Gasteiger partial charge < -0.3 is 0 Å². The third-order valence-corrected chi connectivity index (χ3v) is 4.34. The standard InChI is InChI=1S/C15H16S2/c1-3-17-15-11-7-5-9-13(15)12-8-4-6-10-14(12)16-2/h4-11H,3H2,1-2H3. The van der Waals surface area contributed by atoms with Crippen LogP contribution in [0.5, 0.6) is 0 Å². The van der Waals surface area contributed by atoms with Crippen molar-refractivity contribution in [3.8, 4) is 11.1 Å². The molecule has 0 aliphatic carbocycles. The molecule has 0 radical (unpaired) electrons. The molecule has 2 aromatic carbocycles. The molecule has 0 N–H and O–H groups in total. The lowest BCUT2D eigenvalue weighted by Gasteiger charge is -2.11. The lowest BCUT2D eigenvalue weighted by Crippen LogP contribution is -1.85. The van der Waals surface area contributed by atoms with Gasteiger partial charge in [-0.3, -0.25) is 0 Å². The van der Waals surface area contributed by atoms with Crippen molar-refractivity contribution in [2.75, 3.05) is 12.0 Å². The van der Waals surface area contributed by atoms with Crippen LogP contribution in [0.2, 0.25) is 0 Å². The van der Waals surface area contributed by atoms with Gasteiger partial charge in [0.15, 0.2) is 0 Å². The zero-order valence-corrected chi connectivity index (χ0v) is 11.8. The SMILES string of the molecule is CCSc1ccccc1-c1ccccc1SC. The first-order chi connectivity index (χ1) is 8.36. The van der Waals surface area contributed by atoms with Gasteiger partial charge in [-0.1, -0.05) is 43.3 Å². The Hall–Kier alpha value is -0.860. The molecule has 0 saturated heterocycles. The summed E-state index contributed by atoms with van der Waals surface area (Å²) in [7, 11) is 0. The summed E-state index contributed by atoms with van der Waals surface area (Å²) >= 11 is 3.71. The summed E-state index contributed by atoms with van der Waals surface area (Å²) in [6.07, 6.45) is 2.13. The molecule has 2 rings (SSSR count). The Balaban J connectivity index is 2.52. The van der Waals surface area contributed by atoms with E-state index in [0.717, 1.165) is 5.75 Å². The lowest BCUT2D eigenvalue weighted by molar-refractivity contribution is 1.37. The summed E-state index contributed by atoms with van der Waals surface area (Å²) in [5.74, 6) is 1.11. The Morgan fingerprint density at radius 3 is 1.94 bits per heavy atom. The molecule has 0 heterocycles. The highest BCUT2D eigenvalue weighted by Crippen LogP contribution is 2.36. The van der Waals surface area contributed by atoms with Gasteiger partial charge in [0, 0.05) is 9.79 Å². The van der Waals surface area contributed by atoms with E-state index in [2.05, 4.69) is 61.7 Å². The summed E-state index contributed by atoms with van der Waals surface area (Å²) in [6, 6.07) is 17.3. The first-order valence-electron chi connectivity index (χ1n) is 5.72. The highest BCUT2D eigenvalue weighted by Gasteiger charge is 2.07. The summed E-state index contributed by atoms with van der Waals surface area (Å²) in [4.78, 5) is 2.72. The summed E-state index contributed by atoms with van der Waals surface area (Å²) in [5.41, 5.74) is 2.70. The first-order valence-corrected chi connectivity index (χ1v) is 7.93. The van der Waals surface area contributed by atoms with Crippen molar-refractivity contribution in [2.24, 2.45) is 0 Å². The molecule has 0 aromatic heterocycles. The third kappa shape index (κ3) is 2.88. The fourth-order valence-corrected chi connectivity index (χ4v) is 3.27. The predicted molar refractivity (Wildman–Crippen MR) is 80.1 cm³/mol. The summed E-state index contributed by atoms with van der Waals surface area (Å²) in [6.45, 7) is 2.20. The highest BCUT2D eigenvalue weighted by atomic mass is 32.2. The van der Waals surface area contributed by atoms with E-state index in [9.17, 15) is 0 Å². The molecule has 0 aliphatic heterocycles. The van der Waals surface area contributed by atoms with E-state index in [4.69, 9.17) is 0 Å². The number of rotatable bonds is 4. The second-order valence-electron chi connectivity index (χ2n) is 3.63. The van der Waals surface area contributed by atoms with Gasteiger partial charge in [-0.2, -0.15) is 0 Å². The van der Waals surface area contributed by atoms with Crippen LogP contribution in [0.15, 0.2) is 58.3 Å². The average Bonchev–Trinajstić information content (AvgIpc) is 2.40. The van der Waals surface area contributed by atoms with E-state index in [1.54, 1.807) is 0 Å². The van der Waals surface area contributed by atoms with Gasteiger partial charge in [-0.25, -0.2) is 0 Å². The van der Waals surface area contributed by atoms with Crippen LogP contribution >= 0.6 is 23.5 Å². The highest BCUT2D eigenvalue weighted by molar-refractivity contribution is 7.99. The molecule has 0 aliphatic rings.